The molecule has 0 N–H and O–H groups in total. The van der Waals surface area contributed by atoms with Crippen LogP contribution in [0.4, 0.5) is 0 Å². The summed E-state index contributed by atoms with van der Waals surface area (Å²) in [6.45, 7) is 2.06. The molecule has 1 aliphatic heterocycles. The van der Waals surface area contributed by atoms with E-state index in [-0.39, 0.29) is 24.0 Å². The lowest BCUT2D eigenvalue weighted by Crippen LogP contribution is -3.00. The van der Waals surface area contributed by atoms with E-state index in [0.717, 1.165) is 19.5 Å². The summed E-state index contributed by atoms with van der Waals surface area (Å²) in [7, 11) is 0. The van der Waals surface area contributed by atoms with Gasteiger partial charge in [0.1, 0.15) is 6.54 Å². The van der Waals surface area contributed by atoms with Gasteiger partial charge < -0.3 is 24.0 Å². The van der Waals surface area contributed by atoms with Crippen molar-refractivity contribution >= 4 is 17.0 Å². The summed E-state index contributed by atoms with van der Waals surface area (Å²) < 4.78 is 2.53. The Labute approximate surface area is 158 Å². The maximum atomic E-state index is 2.53. The predicted molar refractivity (Wildman–Crippen MR) is 92.9 cm³/mol. The molecule has 1 nitrogen and oxygen atoms in total. The zero-order valence-corrected chi connectivity index (χ0v) is 15.8. The average molecular weight is 431 g/mol. The van der Waals surface area contributed by atoms with Gasteiger partial charge in [0, 0.05) is 22.4 Å². The molecular formula is C20H18INS. The van der Waals surface area contributed by atoms with E-state index < -0.39 is 0 Å². The number of rotatable bonds is 3. The van der Waals surface area contributed by atoms with Crippen LogP contribution in [0, 0.1) is 0 Å². The second-order valence-corrected chi connectivity index (χ2v) is 6.63. The van der Waals surface area contributed by atoms with Crippen LogP contribution in [0.1, 0.15) is 21.6 Å². The molecule has 0 atom stereocenters. The van der Waals surface area contributed by atoms with Crippen LogP contribution in [0.5, 0.6) is 0 Å². The third-order valence-electron chi connectivity index (χ3n) is 4.19. The minimum Gasteiger partial charge on any atom is -1.00 e. The monoisotopic (exact) mass is 431 g/mol. The van der Waals surface area contributed by atoms with Gasteiger partial charge in [0.05, 0.1) is 5.56 Å². The number of halogens is 1. The van der Waals surface area contributed by atoms with Crippen LogP contribution in [0.2, 0.25) is 0 Å². The van der Waals surface area contributed by atoms with E-state index in [1.54, 1.807) is 0 Å². The van der Waals surface area contributed by atoms with E-state index in [2.05, 4.69) is 76.7 Å². The summed E-state index contributed by atoms with van der Waals surface area (Å²) in [4.78, 5) is 1.52. The summed E-state index contributed by atoms with van der Waals surface area (Å²) in [5.41, 5.74) is 5.48. The normalized spacial score (nSPS) is 13.4. The van der Waals surface area contributed by atoms with E-state index in [4.69, 9.17) is 0 Å². The minimum atomic E-state index is 0. The van der Waals surface area contributed by atoms with Crippen LogP contribution in [0.3, 0.4) is 0 Å². The maximum Gasteiger partial charge on any atom is 0.215 e. The Morgan fingerprint density at radius 3 is 2.30 bits per heavy atom. The van der Waals surface area contributed by atoms with Crippen LogP contribution < -0.4 is 24.0 Å². The third-order valence-corrected chi connectivity index (χ3v) is 5.17. The molecule has 2 aromatic carbocycles. The second kappa shape index (κ2) is 7.41. The fraction of sp³-hybridized carbons (Fsp3) is 0.150. The van der Waals surface area contributed by atoms with Gasteiger partial charge in [-0.3, -0.25) is 0 Å². The Hall–Kier alpha value is -1.46. The molecule has 2 heterocycles. The third kappa shape index (κ3) is 3.40. The highest BCUT2D eigenvalue weighted by atomic mass is 127. The van der Waals surface area contributed by atoms with Crippen LogP contribution in [-0.4, -0.2) is 16.8 Å². The van der Waals surface area contributed by atoms with Crippen molar-refractivity contribution in [3.8, 4) is 0 Å². The molecule has 0 fully saturated rings. The highest BCUT2D eigenvalue weighted by Crippen LogP contribution is 2.25. The van der Waals surface area contributed by atoms with Crippen LogP contribution in [0.25, 0.3) is 0 Å². The van der Waals surface area contributed by atoms with Crippen LogP contribution in [-0.2, 0) is 13.0 Å². The highest BCUT2D eigenvalue weighted by molar-refractivity contribution is 7.10. The van der Waals surface area contributed by atoms with E-state index in [1.165, 1.54) is 27.3 Å². The van der Waals surface area contributed by atoms with Gasteiger partial charge in [-0.2, -0.15) is 0 Å². The van der Waals surface area contributed by atoms with Gasteiger partial charge in [0.25, 0.3) is 0 Å². The SMILES string of the molecule is [I-].c1ccc(C[N+]2=C(c3ccccc3)c3ccsc3CC2)cc1. The van der Waals surface area contributed by atoms with Gasteiger partial charge in [-0.05, 0) is 23.6 Å². The first-order valence-corrected chi connectivity index (χ1v) is 8.58. The van der Waals surface area contributed by atoms with Crippen LogP contribution in [0.15, 0.2) is 72.1 Å². The maximum absolute atomic E-state index is 2.53. The molecule has 0 bridgehead atoms. The van der Waals surface area contributed by atoms with Crippen molar-refractivity contribution in [2.45, 2.75) is 13.0 Å². The van der Waals surface area contributed by atoms with Crippen molar-refractivity contribution in [3.05, 3.63) is 93.7 Å². The molecule has 3 heteroatoms. The first kappa shape index (κ1) is 16.4. The topological polar surface area (TPSA) is 3.01 Å². The molecule has 0 spiro atoms. The summed E-state index contributed by atoms with van der Waals surface area (Å²) >= 11 is 1.88. The van der Waals surface area contributed by atoms with Crippen molar-refractivity contribution in [3.63, 3.8) is 0 Å². The number of benzene rings is 2. The van der Waals surface area contributed by atoms with Crippen molar-refractivity contribution in [2.24, 2.45) is 0 Å². The van der Waals surface area contributed by atoms with Gasteiger partial charge in [-0.1, -0.05) is 48.5 Å². The number of fused-ring (bicyclic) bond motifs is 1. The number of thiophene rings is 1. The summed E-state index contributed by atoms with van der Waals surface area (Å²) in [6.07, 6.45) is 1.15. The Morgan fingerprint density at radius 1 is 0.870 bits per heavy atom. The Balaban J connectivity index is 0.00000156. The van der Waals surface area contributed by atoms with Gasteiger partial charge in [-0.25, -0.2) is 4.58 Å². The number of hydrogen-bond acceptors (Lipinski definition) is 1. The molecule has 0 saturated carbocycles. The zero-order valence-electron chi connectivity index (χ0n) is 12.8. The van der Waals surface area contributed by atoms with E-state index in [9.17, 15) is 0 Å². The first-order valence-electron chi connectivity index (χ1n) is 7.70. The molecule has 0 saturated heterocycles. The predicted octanol–water partition coefficient (Wildman–Crippen LogP) is 1.36. The molecule has 0 unspecified atom stereocenters. The van der Waals surface area contributed by atoms with Crippen molar-refractivity contribution in [2.75, 3.05) is 6.54 Å². The minimum absolute atomic E-state index is 0. The molecule has 116 valence electrons. The summed E-state index contributed by atoms with van der Waals surface area (Å²) in [6, 6.07) is 23.8. The summed E-state index contributed by atoms with van der Waals surface area (Å²) in [5, 5.41) is 2.22. The molecular weight excluding hydrogens is 413 g/mol. The molecule has 1 aliphatic rings. The molecule has 4 rings (SSSR count). The smallest absolute Gasteiger partial charge is 0.215 e. The largest absolute Gasteiger partial charge is 1.00 e. The molecule has 0 radical (unpaired) electrons. The molecule has 0 amide bonds. The van der Waals surface area contributed by atoms with Gasteiger partial charge >= 0.3 is 0 Å². The fourth-order valence-corrected chi connectivity index (χ4v) is 4.03. The van der Waals surface area contributed by atoms with E-state index >= 15 is 0 Å². The Kier molecular flexibility index (Phi) is 5.28. The van der Waals surface area contributed by atoms with Gasteiger partial charge in [-0.15, -0.1) is 11.3 Å². The number of hydrogen-bond donors (Lipinski definition) is 0. The van der Waals surface area contributed by atoms with Crippen molar-refractivity contribution in [1.82, 2.24) is 0 Å². The average Bonchev–Trinajstić information content (AvgIpc) is 3.05. The lowest BCUT2D eigenvalue weighted by molar-refractivity contribution is -0.544. The van der Waals surface area contributed by atoms with Crippen molar-refractivity contribution < 1.29 is 28.6 Å². The summed E-state index contributed by atoms with van der Waals surface area (Å²) in [5.74, 6) is 0. The van der Waals surface area contributed by atoms with Crippen molar-refractivity contribution in [1.29, 1.82) is 0 Å². The lowest BCUT2D eigenvalue weighted by atomic mass is 9.98. The van der Waals surface area contributed by atoms with Gasteiger partial charge in [0.2, 0.25) is 5.71 Å². The molecule has 23 heavy (non-hydrogen) atoms. The first-order chi connectivity index (χ1) is 10.9. The van der Waals surface area contributed by atoms with E-state index in [1.807, 2.05) is 11.3 Å². The quantitative estimate of drug-likeness (QED) is 0.436. The van der Waals surface area contributed by atoms with E-state index in [0.29, 0.717) is 0 Å². The van der Waals surface area contributed by atoms with Gasteiger partial charge in [0.15, 0.2) is 6.54 Å². The molecule has 0 aliphatic carbocycles. The second-order valence-electron chi connectivity index (χ2n) is 5.63. The zero-order chi connectivity index (χ0) is 14.8. The molecule has 1 aromatic heterocycles. The Bertz CT molecular complexity index is 806. The fourth-order valence-electron chi connectivity index (χ4n) is 3.16. The number of nitrogens with zero attached hydrogens (tertiary/aromatic N) is 1. The molecule has 3 aromatic rings. The standard InChI is InChI=1S/C20H18NS.HI/c1-3-7-16(8-4-1)15-21-13-11-19-18(12-14-22-19)20(21)17-9-5-2-6-10-17;/h1-10,12,14H,11,13,15H2;1H/q+1;/p-1. The lowest BCUT2D eigenvalue weighted by Gasteiger charge is -2.16. The highest BCUT2D eigenvalue weighted by Gasteiger charge is 2.27. The Morgan fingerprint density at radius 2 is 1.57 bits per heavy atom. The van der Waals surface area contributed by atoms with Crippen LogP contribution >= 0.6 is 11.3 Å².